The van der Waals surface area contributed by atoms with Gasteiger partial charge in [0.1, 0.15) is 0 Å². The Morgan fingerprint density at radius 2 is 1.84 bits per heavy atom. The summed E-state index contributed by atoms with van der Waals surface area (Å²) in [5.41, 5.74) is 4.75. The molecule has 0 bridgehead atoms. The van der Waals surface area contributed by atoms with Crippen LogP contribution in [0.1, 0.15) is 11.4 Å². The molecule has 1 aromatic carbocycles. The molecule has 3 aromatic rings. The molecule has 0 unspecified atom stereocenters. The van der Waals surface area contributed by atoms with E-state index < -0.39 is 0 Å². The van der Waals surface area contributed by atoms with E-state index in [1.54, 1.807) is 12.3 Å². The lowest BCUT2D eigenvalue weighted by molar-refractivity contribution is 0.886. The van der Waals surface area contributed by atoms with E-state index in [-0.39, 0.29) is 0 Å². The Kier molecular flexibility index (Phi) is 2.96. The van der Waals surface area contributed by atoms with Crippen LogP contribution in [0.5, 0.6) is 0 Å². The third-order valence-corrected chi connectivity index (χ3v) is 3.75. The van der Waals surface area contributed by atoms with Crippen molar-refractivity contribution in [2.75, 3.05) is 0 Å². The average molecular weight is 292 g/mol. The fourth-order valence-corrected chi connectivity index (χ4v) is 2.44. The normalized spacial score (nSPS) is 11.2. The fourth-order valence-electron chi connectivity index (χ4n) is 2.14. The molecule has 0 aliphatic heterocycles. The zero-order valence-corrected chi connectivity index (χ0v) is 12.0. The molecule has 0 N–H and O–H groups in total. The van der Waals surface area contributed by atoms with E-state index in [1.807, 2.05) is 36.6 Å². The topological polar surface area (TPSA) is 30.2 Å². The van der Waals surface area contributed by atoms with Crippen LogP contribution >= 0.6 is 23.2 Å². The first-order chi connectivity index (χ1) is 9.06. The monoisotopic (exact) mass is 291 g/mol. The molecule has 3 nitrogen and oxygen atoms in total. The first-order valence-corrected chi connectivity index (χ1v) is 6.59. The minimum absolute atomic E-state index is 0.530. The minimum Gasteiger partial charge on any atom is -0.233 e. The van der Waals surface area contributed by atoms with E-state index in [9.17, 15) is 0 Å². The van der Waals surface area contributed by atoms with Crippen molar-refractivity contribution in [2.45, 2.75) is 13.8 Å². The lowest BCUT2D eigenvalue weighted by atomic mass is 10.1. The number of fused-ring (bicyclic) bond motifs is 1. The highest BCUT2D eigenvalue weighted by Crippen LogP contribution is 2.30. The predicted molar refractivity (Wildman–Crippen MR) is 77.9 cm³/mol. The van der Waals surface area contributed by atoms with Crippen LogP contribution in [0.15, 0.2) is 30.5 Å². The summed E-state index contributed by atoms with van der Waals surface area (Å²) in [4.78, 5) is 4.55. The van der Waals surface area contributed by atoms with Crippen LogP contribution in [0.2, 0.25) is 10.0 Å². The number of aryl methyl sites for hydroxylation is 2. The van der Waals surface area contributed by atoms with E-state index in [0.717, 1.165) is 28.2 Å². The van der Waals surface area contributed by atoms with Gasteiger partial charge in [-0.1, -0.05) is 29.3 Å². The summed E-state index contributed by atoms with van der Waals surface area (Å²) >= 11 is 12.0. The molecule has 0 amide bonds. The number of aromatic nitrogens is 3. The molecular weight excluding hydrogens is 281 g/mol. The van der Waals surface area contributed by atoms with Gasteiger partial charge in [0.25, 0.3) is 0 Å². The minimum atomic E-state index is 0.530. The molecule has 2 aromatic heterocycles. The summed E-state index contributed by atoms with van der Waals surface area (Å²) in [6.07, 6.45) is 1.80. The van der Waals surface area contributed by atoms with Gasteiger partial charge in [-0.3, -0.25) is 0 Å². The zero-order valence-electron chi connectivity index (χ0n) is 10.5. The zero-order chi connectivity index (χ0) is 13.6. The second kappa shape index (κ2) is 4.51. The number of halogens is 2. The van der Waals surface area contributed by atoms with Crippen LogP contribution in [-0.2, 0) is 0 Å². The number of hydrogen-bond donors (Lipinski definition) is 0. The Hall–Kier alpha value is -1.58. The van der Waals surface area contributed by atoms with Gasteiger partial charge < -0.3 is 0 Å². The molecule has 0 spiro atoms. The van der Waals surface area contributed by atoms with Crippen molar-refractivity contribution in [1.82, 2.24) is 14.6 Å². The van der Waals surface area contributed by atoms with E-state index in [1.165, 1.54) is 0 Å². The van der Waals surface area contributed by atoms with E-state index in [2.05, 4.69) is 10.1 Å². The third-order valence-electron chi connectivity index (χ3n) is 3.01. The quantitative estimate of drug-likeness (QED) is 0.668. The molecule has 19 heavy (non-hydrogen) atoms. The predicted octanol–water partition coefficient (Wildman–Crippen LogP) is 4.32. The van der Waals surface area contributed by atoms with Gasteiger partial charge in [0, 0.05) is 17.0 Å². The van der Waals surface area contributed by atoms with Gasteiger partial charge >= 0.3 is 0 Å². The maximum atomic E-state index is 6.06. The van der Waals surface area contributed by atoms with Crippen molar-refractivity contribution in [1.29, 1.82) is 0 Å². The van der Waals surface area contributed by atoms with Crippen molar-refractivity contribution in [2.24, 2.45) is 0 Å². The van der Waals surface area contributed by atoms with Crippen LogP contribution in [-0.4, -0.2) is 14.6 Å². The highest BCUT2D eigenvalue weighted by atomic mass is 35.5. The molecule has 2 heterocycles. The summed E-state index contributed by atoms with van der Waals surface area (Å²) in [6.45, 7) is 3.98. The van der Waals surface area contributed by atoms with Gasteiger partial charge in [0.2, 0.25) is 0 Å². The van der Waals surface area contributed by atoms with E-state index >= 15 is 0 Å². The Morgan fingerprint density at radius 1 is 1.05 bits per heavy atom. The van der Waals surface area contributed by atoms with Gasteiger partial charge in [-0.25, -0.2) is 9.50 Å². The van der Waals surface area contributed by atoms with Crippen molar-refractivity contribution in [3.05, 3.63) is 51.9 Å². The van der Waals surface area contributed by atoms with Crippen LogP contribution in [0.4, 0.5) is 0 Å². The molecule has 0 radical (unpaired) electrons. The molecule has 3 rings (SSSR count). The van der Waals surface area contributed by atoms with Crippen LogP contribution < -0.4 is 0 Å². The molecule has 0 fully saturated rings. The Labute approximate surface area is 120 Å². The highest BCUT2D eigenvalue weighted by Gasteiger charge is 2.11. The smallest absolute Gasteiger partial charge is 0.163 e. The first kappa shape index (κ1) is 12.5. The summed E-state index contributed by atoms with van der Waals surface area (Å²) in [6, 6.07) is 7.54. The first-order valence-electron chi connectivity index (χ1n) is 5.83. The summed E-state index contributed by atoms with van der Waals surface area (Å²) in [7, 11) is 0. The number of nitrogens with zero attached hydrogens (tertiary/aromatic N) is 3. The maximum absolute atomic E-state index is 6.06. The van der Waals surface area contributed by atoms with Crippen LogP contribution in [0, 0.1) is 13.8 Å². The molecule has 0 atom stereocenters. The fraction of sp³-hybridized carbons (Fsp3) is 0.143. The average Bonchev–Trinajstić information content (AvgIpc) is 2.76. The summed E-state index contributed by atoms with van der Waals surface area (Å²) in [5, 5.41) is 5.44. The summed E-state index contributed by atoms with van der Waals surface area (Å²) in [5.74, 6) is 0. The second-order valence-electron chi connectivity index (χ2n) is 4.46. The Morgan fingerprint density at radius 3 is 2.58 bits per heavy atom. The molecule has 96 valence electrons. The highest BCUT2D eigenvalue weighted by molar-refractivity contribution is 6.42. The lowest BCUT2D eigenvalue weighted by Gasteiger charge is -2.04. The van der Waals surface area contributed by atoms with Crippen LogP contribution in [0.3, 0.4) is 0 Å². The SMILES string of the molecule is Cc1cc(C)n2ncc(-c3ccc(Cl)c(Cl)c3)c2n1. The van der Waals surface area contributed by atoms with Gasteiger partial charge in [-0.05, 0) is 37.6 Å². The molecule has 0 aliphatic carbocycles. The van der Waals surface area contributed by atoms with Crippen LogP contribution in [0.25, 0.3) is 16.8 Å². The van der Waals surface area contributed by atoms with Crippen molar-refractivity contribution in [3.63, 3.8) is 0 Å². The number of rotatable bonds is 1. The molecule has 0 saturated heterocycles. The standard InChI is InChI=1S/C14H11Cl2N3/c1-8-5-9(2)19-14(18-8)11(7-17-19)10-3-4-12(15)13(16)6-10/h3-7H,1-2H3. The van der Waals surface area contributed by atoms with Gasteiger partial charge in [-0.15, -0.1) is 0 Å². The Bertz CT molecular complexity index is 778. The van der Waals surface area contributed by atoms with Crippen molar-refractivity contribution in [3.8, 4) is 11.1 Å². The molecule has 0 aliphatic rings. The summed E-state index contributed by atoms with van der Waals surface area (Å²) < 4.78 is 1.82. The van der Waals surface area contributed by atoms with E-state index in [0.29, 0.717) is 10.0 Å². The second-order valence-corrected chi connectivity index (χ2v) is 5.28. The largest absolute Gasteiger partial charge is 0.233 e. The van der Waals surface area contributed by atoms with Gasteiger partial charge in [0.05, 0.1) is 16.2 Å². The number of hydrogen-bond acceptors (Lipinski definition) is 2. The Balaban J connectivity index is 2.28. The third kappa shape index (κ3) is 2.09. The number of benzene rings is 1. The maximum Gasteiger partial charge on any atom is 0.163 e. The molecule has 5 heteroatoms. The van der Waals surface area contributed by atoms with Crippen molar-refractivity contribution < 1.29 is 0 Å². The lowest BCUT2D eigenvalue weighted by Crippen LogP contribution is -1.97. The van der Waals surface area contributed by atoms with Crippen molar-refractivity contribution >= 4 is 28.8 Å². The van der Waals surface area contributed by atoms with Gasteiger partial charge in [-0.2, -0.15) is 5.10 Å². The van der Waals surface area contributed by atoms with Gasteiger partial charge in [0.15, 0.2) is 5.65 Å². The molecular formula is C14H11Cl2N3. The van der Waals surface area contributed by atoms with E-state index in [4.69, 9.17) is 23.2 Å². The molecule has 0 saturated carbocycles.